The maximum absolute atomic E-state index is 4.67. The summed E-state index contributed by atoms with van der Waals surface area (Å²) in [4.78, 5) is 13.8. The van der Waals surface area contributed by atoms with Gasteiger partial charge in [-0.3, -0.25) is 0 Å². The number of halogens is 2. The third-order valence-electron chi connectivity index (χ3n) is 2.56. The fourth-order valence-corrected chi connectivity index (χ4v) is 4.22. The van der Waals surface area contributed by atoms with Gasteiger partial charge in [0.05, 0.1) is 22.8 Å². The van der Waals surface area contributed by atoms with Crippen molar-refractivity contribution in [2.24, 2.45) is 0 Å². The van der Waals surface area contributed by atoms with E-state index in [2.05, 4.69) is 46.8 Å². The van der Waals surface area contributed by atoms with Crippen LogP contribution in [0.1, 0.15) is 11.4 Å². The summed E-state index contributed by atoms with van der Waals surface area (Å²) in [5.74, 6) is 0. The second-order valence-electron chi connectivity index (χ2n) is 3.96. The van der Waals surface area contributed by atoms with Gasteiger partial charge in [0.2, 0.25) is 0 Å². The summed E-state index contributed by atoms with van der Waals surface area (Å²) in [7, 11) is 0. The Bertz CT molecular complexity index is 666. The van der Waals surface area contributed by atoms with Crippen LogP contribution in [0.5, 0.6) is 0 Å². The minimum absolute atomic E-state index is 0.768. The number of rotatable bonds is 4. The van der Waals surface area contributed by atoms with Crippen molar-refractivity contribution >= 4 is 54.5 Å². The number of hydrogen-bond donors (Lipinski definition) is 0. The molecule has 0 aromatic carbocycles. The highest BCUT2D eigenvalue weighted by atomic mass is 79.9. The molecule has 7 heteroatoms. The highest BCUT2D eigenvalue weighted by Crippen LogP contribution is 2.27. The predicted molar refractivity (Wildman–Crippen MR) is 91.7 cm³/mol. The summed E-state index contributed by atoms with van der Waals surface area (Å²) in [6, 6.07) is 5.97. The van der Waals surface area contributed by atoms with Crippen molar-refractivity contribution in [3.05, 3.63) is 40.3 Å². The molecule has 3 heterocycles. The van der Waals surface area contributed by atoms with Gasteiger partial charge in [0, 0.05) is 21.4 Å². The Labute approximate surface area is 141 Å². The second kappa shape index (κ2) is 6.43. The van der Waals surface area contributed by atoms with Crippen molar-refractivity contribution in [1.82, 2.24) is 15.0 Å². The lowest BCUT2D eigenvalue weighted by atomic mass is 10.3. The highest BCUT2D eigenvalue weighted by Gasteiger charge is 2.09. The SMILES string of the molecule is BrCc1csc(-c2cccc(-c3nc(CBr)cs3)n2)n1. The average molecular weight is 431 g/mol. The molecule has 0 amide bonds. The minimum atomic E-state index is 0.768. The summed E-state index contributed by atoms with van der Waals surface area (Å²) in [5, 5.41) is 7.52. The Morgan fingerprint density at radius 3 is 1.70 bits per heavy atom. The van der Waals surface area contributed by atoms with E-state index in [0.717, 1.165) is 43.5 Å². The van der Waals surface area contributed by atoms with E-state index in [1.165, 1.54) is 0 Å². The molecule has 0 aliphatic carbocycles. The molecule has 0 aliphatic rings. The molecular weight excluding hydrogens is 422 g/mol. The van der Waals surface area contributed by atoms with Gasteiger partial charge in [0.1, 0.15) is 10.0 Å². The van der Waals surface area contributed by atoms with E-state index in [0.29, 0.717) is 0 Å². The first kappa shape index (κ1) is 14.3. The molecule has 3 aromatic rings. The van der Waals surface area contributed by atoms with Gasteiger partial charge < -0.3 is 0 Å². The summed E-state index contributed by atoms with van der Waals surface area (Å²) in [6.07, 6.45) is 0. The number of nitrogens with zero attached hydrogens (tertiary/aromatic N) is 3. The van der Waals surface area contributed by atoms with E-state index >= 15 is 0 Å². The number of alkyl halides is 2. The number of aromatic nitrogens is 3. The first-order valence-electron chi connectivity index (χ1n) is 5.78. The lowest BCUT2D eigenvalue weighted by Gasteiger charge is -1.99. The van der Waals surface area contributed by atoms with Crippen molar-refractivity contribution in [2.75, 3.05) is 0 Å². The van der Waals surface area contributed by atoms with Gasteiger partial charge >= 0.3 is 0 Å². The van der Waals surface area contributed by atoms with E-state index in [1.807, 2.05) is 29.0 Å². The lowest BCUT2D eigenvalue weighted by Crippen LogP contribution is -1.88. The molecule has 102 valence electrons. The quantitative estimate of drug-likeness (QED) is 0.539. The van der Waals surface area contributed by atoms with Crippen molar-refractivity contribution in [3.8, 4) is 21.4 Å². The molecule has 0 atom stereocenters. The maximum atomic E-state index is 4.67. The zero-order valence-electron chi connectivity index (χ0n) is 10.2. The monoisotopic (exact) mass is 429 g/mol. The normalized spacial score (nSPS) is 10.9. The molecule has 0 aliphatic heterocycles. The van der Waals surface area contributed by atoms with E-state index in [9.17, 15) is 0 Å². The Morgan fingerprint density at radius 1 is 0.800 bits per heavy atom. The molecule has 3 nitrogen and oxygen atoms in total. The van der Waals surface area contributed by atoms with E-state index < -0.39 is 0 Å². The van der Waals surface area contributed by atoms with Crippen LogP contribution in [0.3, 0.4) is 0 Å². The topological polar surface area (TPSA) is 38.7 Å². The van der Waals surface area contributed by atoms with Crippen molar-refractivity contribution in [1.29, 1.82) is 0 Å². The van der Waals surface area contributed by atoms with Gasteiger partial charge in [0.15, 0.2) is 0 Å². The molecule has 3 aromatic heterocycles. The van der Waals surface area contributed by atoms with Crippen molar-refractivity contribution in [2.45, 2.75) is 10.7 Å². The fourth-order valence-electron chi connectivity index (χ4n) is 1.64. The van der Waals surface area contributed by atoms with Crippen LogP contribution < -0.4 is 0 Å². The molecule has 0 radical (unpaired) electrons. The van der Waals surface area contributed by atoms with Gasteiger partial charge in [-0.1, -0.05) is 37.9 Å². The molecule has 0 spiro atoms. The zero-order chi connectivity index (χ0) is 13.9. The van der Waals surface area contributed by atoms with Crippen LogP contribution in [0.4, 0.5) is 0 Å². The van der Waals surface area contributed by atoms with Gasteiger partial charge in [-0.2, -0.15) is 0 Å². The number of thiazole rings is 2. The van der Waals surface area contributed by atoms with Crippen molar-refractivity contribution < 1.29 is 0 Å². The van der Waals surface area contributed by atoms with Gasteiger partial charge in [-0.25, -0.2) is 15.0 Å². The Kier molecular flexibility index (Phi) is 4.60. The molecule has 0 fully saturated rings. The summed E-state index contributed by atoms with van der Waals surface area (Å²) in [5.41, 5.74) is 3.87. The molecule has 0 saturated heterocycles. The van der Waals surface area contributed by atoms with Crippen molar-refractivity contribution in [3.63, 3.8) is 0 Å². The molecule has 3 rings (SSSR count). The highest BCUT2D eigenvalue weighted by molar-refractivity contribution is 9.08. The summed E-state index contributed by atoms with van der Waals surface area (Å²) in [6.45, 7) is 0. The number of hydrogen-bond acceptors (Lipinski definition) is 5. The molecule has 0 bridgehead atoms. The van der Waals surface area contributed by atoms with Crippen LogP contribution in [-0.4, -0.2) is 15.0 Å². The number of pyridine rings is 1. The van der Waals surface area contributed by atoms with Crippen LogP contribution in [-0.2, 0) is 10.7 Å². The Hall–Kier alpha value is -0.630. The lowest BCUT2D eigenvalue weighted by molar-refractivity contribution is 1.20. The third-order valence-corrected chi connectivity index (χ3v) is 5.54. The standard InChI is InChI=1S/C13H9Br2N3S2/c14-4-8-6-19-12(16-8)10-2-1-3-11(18-10)13-17-9(5-15)7-20-13/h1-3,6-7H,4-5H2. The largest absolute Gasteiger partial charge is 0.243 e. The Balaban J connectivity index is 1.96. The molecule has 0 saturated carbocycles. The van der Waals surface area contributed by atoms with Crippen LogP contribution >= 0.6 is 54.5 Å². The molecule has 0 unspecified atom stereocenters. The predicted octanol–water partition coefficient (Wildman–Crippen LogP) is 5.12. The first-order chi connectivity index (χ1) is 9.80. The summed E-state index contributed by atoms with van der Waals surface area (Å²) >= 11 is 10.1. The summed E-state index contributed by atoms with van der Waals surface area (Å²) < 4.78 is 0. The smallest absolute Gasteiger partial charge is 0.142 e. The van der Waals surface area contributed by atoms with Gasteiger partial charge in [-0.05, 0) is 12.1 Å². The van der Waals surface area contributed by atoms with E-state index in [4.69, 9.17) is 0 Å². The van der Waals surface area contributed by atoms with E-state index in [1.54, 1.807) is 22.7 Å². The average Bonchev–Trinajstić information content (AvgIpc) is 3.16. The van der Waals surface area contributed by atoms with E-state index in [-0.39, 0.29) is 0 Å². The Morgan fingerprint density at radius 2 is 1.30 bits per heavy atom. The molecule has 0 N–H and O–H groups in total. The van der Waals surface area contributed by atoms with Crippen LogP contribution in [0.25, 0.3) is 21.4 Å². The van der Waals surface area contributed by atoms with Crippen LogP contribution in [0.2, 0.25) is 0 Å². The van der Waals surface area contributed by atoms with Crippen LogP contribution in [0.15, 0.2) is 29.0 Å². The van der Waals surface area contributed by atoms with Crippen LogP contribution in [0, 0.1) is 0 Å². The second-order valence-corrected chi connectivity index (χ2v) is 6.80. The zero-order valence-corrected chi connectivity index (χ0v) is 15.0. The van der Waals surface area contributed by atoms with Gasteiger partial charge in [-0.15, -0.1) is 22.7 Å². The molecular formula is C13H9Br2N3S2. The third kappa shape index (κ3) is 3.00. The fraction of sp³-hybridized carbons (Fsp3) is 0.154. The maximum Gasteiger partial charge on any atom is 0.142 e. The minimum Gasteiger partial charge on any atom is -0.243 e. The molecule has 20 heavy (non-hydrogen) atoms. The van der Waals surface area contributed by atoms with Gasteiger partial charge in [0.25, 0.3) is 0 Å². The first-order valence-corrected chi connectivity index (χ1v) is 9.79.